The van der Waals surface area contributed by atoms with E-state index in [0.29, 0.717) is 12.1 Å². The van der Waals surface area contributed by atoms with E-state index < -0.39 is 0 Å². The molecule has 0 radical (unpaired) electrons. The Labute approximate surface area is 67.1 Å². The highest BCUT2D eigenvalue weighted by molar-refractivity contribution is 4.95. The van der Waals surface area contributed by atoms with E-state index in [9.17, 15) is 5.53 Å². The summed E-state index contributed by atoms with van der Waals surface area (Å²) in [6, 6.07) is 1.09. The Morgan fingerprint density at radius 2 is 2.09 bits per heavy atom. The summed E-state index contributed by atoms with van der Waals surface area (Å²) in [4.78, 5) is 0. The number of nitrogens with zero attached hydrogens (tertiary/aromatic N) is 2. The summed E-state index contributed by atoms with van der Waals surface area (Å²) in [6.07, 6.45) is 6.58. The molecule has 2 aliphatic carbocycles. The highest BCUT2D eigenvalue weighted by Gasteiger charge is 2.54. The first-order valence-electron chi connectivity index (χ1n) is 4.83. The maximum atomic E-state index is 9.66. The van der Waals surface area contributed by atoms with Crippen LogP contribution in [-0.2, 0) is 0 Å². The molecule has 2 nitrogen and oxygen atoms in total. The minimum Gasteiger partial charge on any atom is -0.506 e. The van der Waals surface area contributed by atoms with Crippen molar-refractivity contribution in [1.29, 1.82) is 0 Å². The first kappa shape index (κ1) is 6.15. The van der Waals surface area contributed by atoms with E-state index >= 15 is 0 Å². The third-order valence-electron chi connectivity index (χ3n) is 4.01. The molecule has 1 saturated heterocycles. The van der Waals surface area contributed by atoms with Crippen molar-refractivity contribution in [3.05, 3.63) is 5.53 Å². The fourth-order valence-corrected chi connectivity index (χ4v) is 3.55. The Morgan fingerprint density at radius 3 is 2.82 bits per heavy atom. The third kappa shape index (κ3) is 0.633. The van der Waals surface area contributed by atoms with Gasteiger partial charge in [-0.3, -0.25) is 0 Å². The van der Waals surface area contributed by atoms with E-state index in [1.807, 2.05) is 0 Å². The number of fused-ring (bicyclic) bond motifs is 1. The van der Waals surface area contributed by atoms with Gasteiger partial charge in [0.1, 0.15) is 12.1 Å². The Morgan fingerprint density at radius 1 is 1.18 bits per heavy atom. The molecule has 0 spiro atoms. The van der Waals surface area contributed by atoms with Gasteiger partial charge in [-0.25, -0.2) is 0 Å². The molecule has 0 aromatic heterocycles. The van der Waals surface area contributed by atoms with Crippen molar-refractivity contribution in [3.63, 3.8) is 0 Å². The molecule has 0 amide bonds. The molecule has 11 heavy (non-hydrogen) atoms. The van der Waals surface area contributed by atoms with Crippen LogP contribution < -0.4 is 0 Å². The highest BCUT2D eigenvalue weighted by Crippen LogP contribution is 2.50. The molecule has 0 N–H and O–H groups in total. The van der Waals surface area contributed by atoms with Crippen LogP contribution in [0.15, 0.2) is 0 Å². The molecule has 2 saturated carbocycles. The summed E-state index contributed by atoms with van der Waals surface area (Å²) in [5, 5.41) is 0. The largest absolute Gasteiger partial charge is 0.506 e. The lowest BCUT2D eigenvalue weighted by molar-refractivity contribution is -0.615. The first-order valence-corrected chi connectivity index (χ1v) is 4.83. The summed E-state index contributed by atoms with van der Waals surface area (Å²) in [5.41, 5.74) is 9.66. The predicted octanol–water partition coefficient (Wildman–Crippen LogP) is 1.98. The van der Waals surface area contributed by atoms with Crippen molar-refractivity contribution in [2.24, 2.45) is 11.8 Å². The second-order valence-electron chi connectivity index (χ2n) is 4.43. The zero-order valence-corrected chi connectivity index (χ0v) is 6.74. The van der Waals surface area contributed by atoms with Crippen molar-refractivity contribution >= 4 is 0 Å². The summed E-state index contributed by atoms with van der Waals surface area (Å²) < 4.78 is 1.67. The van der Waals surface area contributed by atoms with Gasteiger partial charge in [-0.2, -0.15) is 0 Å². The standard InChI is InChI=1S/C9H14N2/c10-11-7-4-6-2-1-3-9(11)8(6)5-7/h6-9H,1-5H2/t6?,7-,8?,9-/m1/s1. The molecule has 3 rings (SSSR count). The Balaban J connectivity index is 1.98. The average molecular weight is 150 g/mol. The number of piperidine rings is 1. The molecule has 0 aromatic carbocycles. The maximum absolute atomic E-state index is 9.66. The van der Waals surface area contributed by atoms with E-state index in [2.05, 4.69) is 0 Å². The summed E-state index contributed by atoms with van der Waals surface area (Å²) in [6.45, 7) is 0. The van der Waals surface area contributed by atoms with E-state index in [1.165, 1.54) is 32.1 Å². The van der Waals surface area contributed by atoms with E-state index in [4.69, 9.17) is 0 Å². The summed E-state index contributed by atoms with van der Waals surface area (Å²) in [7, 11) is 0. The normalized spacial score (nSPS) is 53.6. The van der Waals surface area contributed by atoms with Gasteiger partial charge in [0.2, 0.25) is 0 Å². The average Bonchev–Trinajstić information content (AvgIpc) is 2.53. The van der Waals surface area contributed by atoms with Gasteiger partial charge in [0.25, 0.3) is 0 Å². The number of hydrogen-bond donors (Lipinski definition) is 0. The summed E-state index contributed by atoms with van der Waals surface area (Å²) in [5.74, 6) is 1.83. The lowest BCUT2D eigenvalue weighted by Crippen LogP contribution is -2.38. The molecular weight excluding hydrogens is 136 g/mol. The molecule has 2 bridgehead atoms. The predicted molar refractivity (Wildman–Crippen MR) is 41.3 cm³/mol. The topological polar surface area (TPSA) is 25.3 Å². The van der Waals surface area contributed by atoms with E-state index in [0.717, 1.165) is 11.8 Å². The lowest BCUT2D eigenvalue weighted by Gasteiger charge is -2.33. The van der Waals surface area contributed by atoms with Crippen molar-refractivity contribution in [1.82, 2.24) is 0 Å². The van der Waals surface area contributed by atoms with Crippen LogP contribution in [0.5, 0.6) is 0 Å². The molecule has 1 aliphatic heterocycles. The molecule has 3 fully saturated rings. The third-order valence-corrected chi connectivity index (χ3v) is 4.01. The second kappa shape index (κ2) is 1.85. The van der Waals surface area contributed by atoms with Crippen LogP contribution in [0.25, 0.3) is 5.53 Å². The van der Waals surface area contributed by atoms with Gasteiger partial charge in [-0.05, 0) is 18.8 Å². The quantitative estimate of drug-likeness (QED) is 0.472. The van der Waals surface area contributed by atoms with Crippen LogP contribution in [0, 0.1) is 11.8 Å². The Kier molecular flexibility index (Phi) is 1.03. The smallest absolute Gasteiger partial charge is 0.144 e. The highest BCUT2D eigenvalue weighted by atomic mass is 15.3. The molecule has 4 atom stereocenters. The van der Waals surface area contributed by atoms with E-state index in [1.54, 1.807) is 4.70 Å². The van der Waals surface area contributed by atoms with Gasteiger partial charge >= 0.3 is 0 Å². The summed E-state index contributed by atoms with van der Waals surface area (Å²) >= 11 is 0. The Bertz CT molecular complexity index is 210. The molecule has 2 heteroatoms. The van der Waals surface area contributed by atoms with Crippen molar-refractivity contribution in [2.75, 3.05) is 0 Å². The van der Waals surface area contributed by atoms with Gasteiger partial charge in [-0.15, -0.1) is 0 Å². The van der Waals surface area contributed by atoms with Crippen molar-refractivity contribution in [3.8, 4) is 0 Å². The molecule has 60 valence electrons. The first-order chi connectivity index (χ1) is 5.36. The number of hydrogen-bond acceptors (Lipinski definition) is 0. The van der Waals surface area contributed by atoms with Gasteiger partial charge < -0.3 is 10.2 Å². The molecule has 1 heterocycles. The second-order valence-corrected chi connectivity index (χ2v) is 4.43. The van der Waals surface area contributed by atoms with Crippen LogP contribution in [0.1, 0.15) is 32.1 Å². The maximum Gasteiger partial charge on any atom is 0.144 e. The van der Waals surface area contributed by atoms with Gasteiger partial charge in [0, 0.05) is 25.2 Å². The monoisotopic (exact) mass is 150 g/mol. The lowest BCUT2D eigenvalue weighted by atomic mass is 9.78. The number of rotatable bonds is 0. The zero-order chi connectivity index (χ0) is 7.42. The Hall–Kier alpha value is -0.400. The fraction of sp³-hybridized carbons (Fsp3) is 1.00. The zero-order valence-electron chi connectivity index (χ0n) is 6.74. The van der Waals surface area contributed by atoms with Gasteiger partial charge in [-0.1, -0.05) is 0 Å². The molecule has 0 aromatic rings. The van der Waals surface area contributed by atoms with Crippen molar-refractivity contribution in [2.45, 2.75) is 44.2 Å². The van der Waals surface area contributed by atoms with Gasteiger partial charge in [0.15, 0.2) is 0 Å². The van der Waals surface area contributed by atoms with Crippen LogP contribution in [0.2, 0.25) is 0 Å². The van der Waals surface area contributed by atoms with Crippen LogP contribution >= 0.6 is 0 Å². The van der Waals surface area contributed by atoms with Crippen LogP contribution in [0.3, 0.4) is 0 Å². The van der Waals surface area contributed by atoms with E-state index in [-0.39, 0.29) is 0 Å². The van der Waals surface area contributed by atoms with Crippen LogP contribution in [0.4, 0.5) is 0 Å². The molecule has 3 aliphatic rings. The fourth-order valence-electron chi connectivity index (χ4n) is 3.55. The molecule has 2 unspecified atom stereocenters. The minimum absolute atomic E-state index is 0.537. The molecular formula is C9H14N2. The van der Waals surface area contributed by atoms with Crippen LogP contribution in [-0.4, -0.2) is 16.8 Å². The SMILES string of the molecule is [N-]=[N+]1[C@@H]2CC3CCC[C@@H]1C3C2. The van der Waals surface area contributed by atoms with Gasteiger partial charge in [0.05, 0.1) is 0 Å². The minimum atomic E-state index is 0.537. The van der Waals surface area contributed by atoms with Crippen molar-refractivity contribution < 1.29 is 4.70 Å².